The fourth-order valence-electron chi connectivity index (χ4n) is 4.95. The molecule has 5 aromatic carbocycles. The summed E-state index contributed by atoms with van der Waals surface area (Å²) in [5.41, 5.74) is -0.358. The number of aromatic nitrogens is 3. The number of phenolic OH excluding ortho intramolecular Hbond substituents is 1. The fourth-order valence-corrected chi connectivity index (χ4v) is 6.74. The zero-order chi connectivity index (χ0) is 39.7. The first-order valence-electron chi connectivity index (χ1n) is 15.1. The van der Waals surface area contributed by atoms with Gasteiger partial charge in [-0.05, 0) is 89.8 Å². The molecule has 282 valence electrons. The molecule has 0 saturated heterocycles. The standard InChI is InChI=1S/C32H23ClN8O11S3/c33-30-37-31(34-19-7-10-21(11-8-19)53(44,45)46)39-32(38-30)35-20-9-13-26(55(50,51)52)24(15-20)41-40-23-12-6-18-14-22(54(47,48)49)16-25(27(18)28(23)42)36-29(43)17-4-2-1-3-5-17/h1-16,42H,(H,36,43)(H,44,45,46)(H,47,48,49)(H,50,51,52)(H2,34,35,37,38,39). The average Bonchev–Trinajstić information content (AvgIpc) is 3.10. The van der Waals surface area contributed by atoms with E-state index in [-0.39, 0.29) is 55.5 Å². The molecule has 1 aromatic heterocycles. The fraction of sp³-hybridized carbons (Fsp3) is 0. The lowest BCUT2D eigenvalue weighted by molar-refractivity contribution is 0.102. The van der Waals surface area contributed by atoms with Crippen LogP contribution in [0.4, 0.5) is 40.3 Å². The van der Waals surface area contributed by atoms with E-state index in [1.54, 1.807) is 18.2 Å². The van der Waals surface area contributed by atoms with Crippen molar-refractivity contribution in [1.82, 2.24) is 15.0 Å². The molecular weight excluding hydrogens is 804 g/mol. The summed E-state index contributed by atoms with van der Waals surface area (Å²) in [6.07, 6.45) is 0. The van der Waals surface area contributed by atoms with E-state index < -0.39 is 57.5 Å². The number of phenols is 1. The zero-order valence-electron chi connectivity index (χ0n) is 27.2. The molecule has 1 amide bonds. The van der Waals surface area contributed by atoms with Gasteiger partial charge >= 0.3 is 0 Å². The van der Waals surface area contributed by atoms with Gasteiger partial charge in [0.15, 0.2) is 5.75 Å². The van der Waals surface area contributed by atoms with Crippen molar-refractivity contribution in [2.75, 3.05) is 16.0 Å². The quantitative estimate of drug-likeness (QED) is 0.0558. The van der Waals surface area contributed by atoms with Crippen LogP contribution < -0.4 is 16.0 Å². The SMILES string of the molecule is O=C(Nc1cc(S(=O)(=O)O)cc2ccc(N=Nc3cc(Nc4nc(Cl)nc(Nc5ccc(S(=O)(=O)O)cc5)n4)ccc3S(=O)(=O)O)c(O)c12)c1ccccc1. The number of halogens is 1. The number of nitrogens with zero attached hydrogens (tertiary/aromatic N) is 5. The van der Waals surface area contributed by atoms with Crippen molar-refractivity contribution in [2.45, 2.75) is 14.7 Å². The molecule has 0 radical (unpaired) electrons. The predicted molar refractivity (Wildman–Crippen MR) is 198 cm³/mol. The first-order chi connectivity index (χ1) is 25.8. The van der Waals surface area contributed by atoms with Crippen molar-refractivity contribution >= 4 is 99.0 Å². The first-order valence-corrected chi connectivity index (χ1v) is 19.7. The highest BCUT2D eigenvalue weighted by Gasteiger charge is 2.21. The number of anilines is 5. The topological polar surface area (TPSA) is 300 Å². The van der Waals surface area contributed by atoms with Crippen molar-refractivity contribution < 1.29 is 48.8 Å². The highest BCUT2D eigenvalue weighted by molar-refractivity contribution is 7.86. The van der Waals surface area contributed by atoms with Gasteiger partial charge in [0, 0.05) is 22.3 Å². The van der Waals surface area contributed by atoms with E-state index in [4.69, 9.17) is 11.6 Å². The minimum Gasteiger partial charge on any atom is -0.505 e. The molecule has 6 rings (SSSR count). The Labute approximate surface area is 316 Å². The molecule has 23 heteroatoms. The molecule has 0 spiro atoms. The van der Waals surface area contributed by atoms with Crippen molar-refractivity contribution in [3.63, 3.8) is 0 Å². The molecule has 0 bridgehead atoms. The summed E-state index contributed by atoms with van der Waals surface area (Å²) in [4.78, 5) is 23.4. The number of amides is 1. The molecule has 6 aromatic rings. The lowest BCUT2D eigenvalue weighted by Gasteiger charge is -2.13. The summed E-state index contributed by atoms with van der Waals surface area (Å²) in [5.74, 6) is -1.58. The van der Waals surface area contributed by atoms with E-state index in [9.17, 15) is 48.8 Å². The maximum absolute atomic E-state index is 13.0. The van der Waals surface area contributed by atoms with Gasteiger partial charge in [-0.2, -0.15) is 40.2 Å². The molecule has 0 fully saturated rings. The molecular formula is C32H23ClN8O11S3. The Balaban J connectivity index is 1.34. The lowest BCUT2D eigenvalue weighted by Crippen LogP contribution is -2.12. The van der Waals surface area contributed by atoms with Crippen molar-refractivity contribution in [3.05, 3.63) is 108 Å². The molecule has 7 N–H and O–H groups in total. The Morgan fingerprint density at radius 3 is 1.85 bits per heavy atom. The Morgan fingerprint density at radius 1 is 0.636 bits per heavy atom. The van der Waals surface area contributed by atoms with Crippen LogP contribution in [0.5, 0.6) is 5.75 Å². The second kappa shape index (κ2) is 14.9. The monoisotopic (exact) mass is 826 g/mol. The number of carbonyl (C=O) groups excluding carboxylic acids is 1. The van der Waals surface area contributed by atoms with E-state index in [1.165, 1.54) is 42.5 Å². The predicted octanol–water partition coefficient (Wildman–Crippen LogP) is 6.28. The third kappa shape index (κ3) is 9.15. The second-order valence-electron chi connectivity index (χ2n) is 11.2. The number of hydrogen-bond acceptors (Lipinski definition) is 15. The number of fused-ring (bicyclic) bond motifs is 1. The first kappa shape index (κ1) is 38.6. The van der Waals surface area contributed by atoms with Gasteiger partial charge in [0.25, 0.3) is 36.3 Å². The molecule has 19 nitrogen and oxygen atoms in total. The molecule has 0 saturated carbocycles. The summed E-state index contributed by atoms with van der Waals surface area (Å²) >= 11 is 6.07. The summed E-state index contributed by atoms with van der Waals surface area (Å²) in [6.45, 7) is 0. The normalized spacial score (nSPS) is 12.1. The number of hydrogen-bond donors (Lipinski definition) is 7. The third-order valence-electron chi connectivity index (χ3n) is 7.40. The molecule has 0 unspecified atom stereocenters. The number of rotatable bonds is 11. The smallest absolute Gasteiger partial charge is 0.296 e. The van der Waals surface area contributed by atoms with Crippen LogP contribution in [0, 0.1) is 0 Å². The lowest BCUT2D eigenvalue weighted by atomic mass is 10.1. The molecule has 0 aliphatic heterocycles. The minimum absolute atomic E-state index is 0.0553. The maximum atomic E-state index is 13.0. The highest BCUT2D eigenvalue weighted by Crippen LogP contribution is 2.42. The zero-order valence-corrected chi connectivity index (χ0v) is 30.4. The Kier molecular flexibility index (Phi) is 10.5. The third-order valence-corrected chi connectivity index (χ3v) is 10.2. The number of aromatic hydroxyl groups is 1. The van der Waals surface area contributed by atoms with Crippen molar-refractivity contribution in [1.29, 1.82) is 0 Å². The van der Waals surface area contributed by atoms with Gasteiger partial charge in [-0.15, -0.1) is 10.2 Å². The molecule has 55 heavy (non-hydrogen) atoms. The summed E-state index contributed by atoms with van der Waals surface area (Å²) in [7, 11) is -14.1. The summed E-state index contributed by atoms with van der Waals surface area (Å²) in [5, 5.41) is 26.9. The van der Waals surface area contributed by atoms with Gasteiger partial charge in [-0.3, -0.25) is 18.5 Å². The second-order valence-corrected chi connectivity index (χ2v) is 15.7. The molecule has 0 aliphatic rings. The average molecular weight is 827 g/mol. The van der Waals surface area contributed by atoms with Crippen molar-refractivity contribution in [3.8, 4) is 5.75 Å². The van der Waals surface area contributed by atoms with Gasteiger partial charge in [0.2, 0.25) is 17.2 Å². The van der Waals surface area contributed by atoms with E-state index >= 15 is 0 Å². The summed E-state index contributed by atoms with van der Waals surface area (Å²) in [6, 6.07) is 20.6. The number of benzene rings is 5. The Hall–Kier alpha value is -6.14. The highest BCUT2D eigenvalue weighted by atomic mass is 35.5. The largest absolute Gasteiger partial charge is 0.505 e. The van der Waals surface area contributed by atoms with E-state index in [2.05, 4.69) is 41.1 Å². The van der Waals surface area contributed by atoms with Crippen LogP contribution >= 0.6 is 11.6 Å². The molecule has 0 atom stereocenters. The molecule has 0 aliphatic carbocycles. The van der Waals surface area contributed by atoms with Crippen LogP contribution in [0.2, 0.25) is 5.28 Å². The van der Waals surface area contributed by atoms with Gasteiger partial charge < -0.3 is 21.1 Å². The van der Waals surface area contributed by atoms with Gasteiger partial charge in [0.1, 0.15) is 16.3 Å². The van der Waals surface area contributed by atoms with Crippen LogP contribution in [0.3, 0.4) is 0 Å². The Morgan fingerprint density at radius 2 is 1.24 bits per heavy atom. The van der Waals surface area contributed by atoms with Crippen LogP contribution in [-0.4, -0.2) is 64.9 Å². The Bertz CT molecular complexity index is 2870. The van der Waals surface area contributed by atoms with Crippen LogP contribution in [0.15, 0.2) is 122 Å². The van der Waals surface area contributed by atoms with Gasteiger partial charge in [-0.1, -0.05) is 24.3 Å². The van der Waals surface area contributed by atoms with Gasteiger partial charge in [0.05, 0.1) is 15.5 Å². The van der Waals surface area contributed by atoms with E-state index in [0.29, 0.717) is 5.69 Å². The number of nitrogens with one attached hydrogen (secondary N) is 3. The van der Waals surface area contributed by atoms with Crippen molar-refractivity contribution in [2.24, 2.45) is 10.2 Å². The van der Waals surface area contributed by atoms with E-state index in [1.807, 2.05) is 0 Å². The van der Waals surface area contributed by atoms with Gasteiger partial charge in [-0.25, -0.2) is 0 Å². The maximum Gasteiger partial charge on any atom is 0.296 e. The van der Waals surface area contributed by atoms with Crippen LogP contribution in [0.25, 0.3) is 10.8 Å². The number of azo groups is 1. The molecule has 1 heterocycles. The van der Waals surface area contributed by atoms with Crippen LogP contribution in [-0.2, 0) is 30.4 Å². The number of carbonyl (C=O) groups is 1. The van der Waals surface area contributed by atoms with E-state index in [0.717, 1.165) is 36.4 Å². The minimum atomic E-state index is -4.90. The summed E-state index contributed by atoms with van der Waals surface area (Å²) < 4.78 is 100. The van der Waals surface area contributed by atoms with Crippen LogP contribution in [0.1, 0.15) is 10.4 Å².